The molecule has 1 saturated heterocycles. The second-order valence-corrected chi connectivity index (χ2v) is 7.58. The van der Waals surface area contributed by atoms with Gasteiger partial charge in [-0.3, -0.25) is 0 Å². The summed E-state index contributed by atoms with van der Waals surface area (Å²) in [6.07, 6.45) is 2.33. The lowest BCUT2D eigenvalue weighted by molar-refractivity contribution is 0.192. The van der Waals surface area contributed by atoms with Gasteiger partial charge in [0.1, 0.15) is 5.75 Å². The van der Waals surface area contributed by atoms with Crippen molar-refractivity contribution in [2.75, 3.05) is 24.5 Å². The molecule has 124 valence electrons. The second-order valence-electron chi connectivity index (χ2n) is 6.80. The van der Waals surface area contributed by atoms with Crippen LogP contribution in [0.3, 0.4) is 0 Å². The van der Waals surface area contributed by atoms with Gasteiger partial charge in [-0.1, -0.05) is 19.9 Å². The first-order chi connectivity index (χ1) is 11.1. The van der Waals surface area contributed by atoms with Crippen molar-refractivity contribution in [3.8, 4) is 5.75 Å². The molecule has 2 heterocycles. The predicted molar refractivity (Wildman–Crippen MR) is 98.9 cm³/mol. The van der Waals surface area contributed by atoms with Crippen molar-refractivity contribution >= 4 is 22.7 Å². The minimum absolute atomic E-state index is 0.333. The summed E-state index contributed by atoms with van der Waals surface area (Å²) in [7, 11) is 0. The van der Waals surface area contributed by atoms with Crippen LogP contribution in [0.1, 0.15) is 26.7 Å². The number of aromatic hydroxyl groups is 1. The normalized spacial score (nSPS) is 16.8. The first-order valence-corrected chi connectivity index (χ1v) is 9.40. The maximum absolute atomic E-state index is 9.87. The van der Waals surface area contributed by atoms with E-state index in [1.54, 1.807) is 17.4 Å². The molecule has 2 aromatic rings. The summed E-state index contributed by atoms with van der Waals surface area (Å²) >= 11 is 1.73. The Morgan fingerprint density at radius 1 is 1.22 bits per heavy atom. The van der Waals surface area contributed by atoms with E-state index in [2.05, 4.69) is 46.5 Å². The zero-order chi connectivity index (χ0) is 16.2. The molecular weight excluding hydrogens is 304 g/mol. The highest BCUT2D eigenvalue weighted by Crippen LogP contribution is 2.34. The molecule has 1 aliphatic rings. The third kappa shape index (κ3) is 4.06. The van der Waals surface area contributed by atoms with Crippen LogP contribution >= 0.6 is 11.3 Å². The topological polar surface area (TPSA) is 26.7 Å². The predicted octanol–water partition coefficient (Wildman–Crippen LogP) is 4.71. The molecule has 3 nitrogen and oxygen atoms in total. The standard InChI is InChI=1S/C19H26N2OS/c1-15(2)13-20-9-6-16(7-10-20)21(18-8-11-23-14-18)17-4-3-5-19(22)12-17/h3-5,8,11-12,14-16,22H,6-7,9-10,13H2,1-2H3. The highest BCUT2D eigenvalue weighted by atomic mass is 32.1. The summed E-state index contributed by atoms with van der Waals surface area (Å²) in [5, 5.41) is 14.2. The smallest absolute Gasteiger partial charge is 0.117 e. The highest BCUT2D eigenvalue weighted by Gasteiger charge is 2.26. The molecule has 3 rings (SSSR count). The van der Waals surface area contributed by atoms with Crippen LogP contribution < -0.4 is 4.90 Å². The Morgan fingerprint density at radius 3 is 2.61 bits per heavy atom. The van der Waals surface area contributed by atoms with Gasteiger partial charge in [-0.25, -0.2) is 0 Å². The van der Waals surface area contributed by atoms with Crippen LogP contribution in [-0.4, -0.2) is 35.7 Å². The van der Waals surface area contributed by atoms with Gasteiger partial charge in [-0.2, -0.15) is 11.3 Å². The largest absolute Gasteiger partial charge is 0.508 e. The van der Waals surface area contributed by atoms with Crippen LogP contribution in [0.2, 0.25) is 0 Å². The number of hydrogen-bond donors (Lipinski definition) is 1. The van der Waals surface area contributed by atoms with Crippen molar-refractivity contribution in [1.29, 1.82) is 0 Å². The molecule has 0 bridgehead atoms. The summed E-state index contributed by atoms with van der Waals surface area (Å²) in [6, 6.07) is 10.3. The number of likely N-dealkylation sites (tertiary alicyclic amines) is 1. The van der Waals surface area contributed by atoms with Gasteiger partial charge < -0.3 is 14.9 Å². The van der Waals surface area contributed by atoms with Gasteiger partial charge in [0, 0.05) is 42.8 Å². The fraction of sp³-hybridized carbons (Fsp3) is 0.474. The van der Waals surface area contributed by atoms with E-state index in [0.29, 0.717) is 11.8 Å². The van der Waals surface area contributed by atoms with E-state index in [4.69, 9.17) is 0 Å². The van der Waals surface area contributed by atoms with E-state index in [1.807, 2.05) is 12.1 Å². The number of anilines is 2. The third-order valence-electron chi connectivity index (χ3n) is 4.44. The summed E-state index contributed by atoms with van der Waals surface area (Å²) in [6.45, 7) is 8.08. The first kappa shape index (κ1) is 16.3. The molecule has 0 radical (unpaired) electrons. The van der Waals surface area contributed by atoms with Crippen molar-refractivity contribution in [1.82, 2.24) is 4.90 Å². The fourth-order valence-corrected chi connectivity index (χ4v) is 4.11. The molecule has 1 fully saturated rings. The Labute approximate surface area is 143 Å². The quantitative estimate of drug-likeness (QED) is 0.860. The van der Waals surface area contributed by atoms with Gasteiger partial charge in [0.2, 0.25) is 0 Å². The zero-order valence-electron chi connectivity index (χ0n) is 14.0. The molecule has 0 spiro atoms. The molecule has 1 N–H and O–H groups in total. The Morgan fingerprint density at radius 2 is 2.00 bits per heavy atom. The molecular formula is C19H26N2OS. The summed E-state index contributed by atoms with van der Waals surface area (Å²) in [4.78, 5) is 4.98. The molecule has 1 aliphatic heterocycles. The average molecular weight is 330 g/mol. The van der Waals surface area contributed by atoms with Crippen molar-refractivity contribution in [3.63, 3.8) is 0 Å². The van der Waals surface area contributed by atoms with Crippen molar-refractivity contribution in [3.05, 3.63) is 41.1 Å². The monoisotopic (exact) mass is 330 g/mol. The Balaban J connectivity index is 1.78. The molecule has 0 unspecified atom stereocenters. The minimum atomic E-state index is 0.333. The number of piperidine rings is 1. The van der Waals surface area contributed by atoms with Gasteiger partial charge in [-0.15, -0.1) is 0 Å². The number of nitrogens with zero attached hydrogens (tertiary/aromatic N) is 2. The number of benzene rings is 1. The molecule has 0 saturated carbocycles. The van der Waals surface area contributed by atoms with E-state index in [0.717, 1.165) is 37.5 Å². The van der Waals surface area contributed by atoms with Crippen LogP contribution in [0.25, 0.3) is 0 Å². The van der Waals surface area contributed by atoms with Crippen LogP contribution in [0.5, 0.6) is 5.75 Å². The van der Waals surface area contributed by atoms with Crippen LogP contribution in [0.4, 0.5) is 11.4 Å². The third-order valence-corrected chi connectivity index (χ3v) is 5.11. The number of phenols is 1. The van der Waals surface area contributed by atoms with Crippen LogP contribution in [0.15, 0.2) is 41.1 Å². The van der Waals surface area contributed by atoms with E-state index < -0.39 is 0 Å². The van der Waals surface area contributed by atoms with Crippen molar-refractivity contribution in [2.24, 2.45) is 5.92 Å². The van der Waals surface area contributed by atoms with E-state index >= 15 is 0 Å². The SMILES string of the molecule is CC(C)CN1CCC(N(c2ccsc2)c2cccc(O)c2)CC1. The first-order valence-electron chi connectivity index (χ1n) is 8.46. The van der Waals surface area contributed by atoms with Gasteiger partial charge >= 0.3 is 0 Å². The van der Waals surface area contributed by atoms with Crippen molar-refractivity contribution in [2.45, 2.75) is 32.7 Å². The molecule has 4 heteroatoms. The molecule has 0 amide bonds. The number of thiophene rings is 1. The Hall–Kier alpha value is -1.52. The van der Waals surface area contributed by atoms with Crippen LogP contribution in [0, 0.1) is 5.92 Å². The molecule has 1 aromatic carbocycles. The van der Waals surface area contributed by atoms with Gasteiger partial charge in [0.25, 0.3) is 0 Å². The van der Waals surface area contributed by atoms with Gasteiger partial charge in [0.05, 0.1) is 5.69 Å². The fourth-order valence-electron chi connectivity index (χ4n) is 3.48. The molecule has 1 aromatic heterocycles. The Kier molecular flexibility index (Phi) is 5.23. The summed E-state index contributed by atoms with van der Waals surface area (Å²) in [5.74, 6) is 1.06. The second kappa shape index (κ2) is 7.37. The van der Waals surface area contributed by atoms with E-state index in [9.17, 15) is 5.11 Å². The molecule has 23 heavy (non-hydrogen) atoms. The number of hydrogen-bond acceptors (Lipinski definition) is 4. The minimum Gasteiger partial charge on any atom is -0.508 e. The number of phenolic OH excluding ortho intramolecular Hbond substituents is 1. The Bertz CT molecular complexity index is 604. The van der Waals surface area contributed by atoms with Crippen molar-refractivity contribution < 1.29 is 5.11 Å². The zero-order valence-corrected chi connectivity index (χ0v) is 14.8. The van der Waals surface area contributed by atoms with Crippen LogP contribution in [-0.2, 0) is 0 Å². The molecule has 0 atom stereocenters. The van der Waals surface area contributed by atoms with Gasteiger partial charge in [-0.05, 0) is 42.3 Å². The maximum atomic E-state index is 9.87. The van der Waals surface area contributed by atoms with Gasteiger partial charge in [0.15, 0.2) is 0 Å². The lowest BCUT2D eigenvalue weighted by atomic mass is 10.0. The average Bonchev–Trinajstić information content (AvgIpc) is 3.03. The summed E-state index contributed by atoms with van der Waals surface area (Å²) < 4.78 is 0. The number of rotatable bonds is 5. The highest BCUT2D eigenvalue weighted by molar-refractivity contribution is 7.08. The van der Waals surface area contributed by atoms with E-state index in [-0.39, 0.29) is 0 Å². The lowest BCUT2D eigenvalue weighted by Crippen LogP contribution is -2.44. The lowest BCUT2D eigenvalue weighted by Gasteiger charge is -2.40. The summed E-state index contributed by atoms with van der Waals surface area (Å²) in [5.41, 5.74) is 2.33. The molecule has 0 aliphatic carbocycles. The maximum Gasteiger partial charge on any atom is 0.117 e. The van der Waals surface area contributed by atoms with E-state index in [1.165, 1.54) is 12.2 Å².